The predicted molar refractivity (Wildman–Crippen MR) is 113 cm³/mol. The molecule has 0 saturated carbocycles. The van der Waals surface area contributed by atoms with Gasteiger partial charge in [-0.25, -0.2) is 18.8 Å². The van der Waals surface area contributed by atoms with Crippen molar-refractivity contribution in [3.05, 3.63) is 23.5 Å². The topological polar surface area (TPSA) is 126 Å². The zero-order valence-electron chi connectivity index (χ0n) is 19.8. The molecule has 1 N–H and O–H groups in total. The first-order valence-electron chi connectivity index (χ1n) is 10.2. The summed E-state index contributed by atoms with van der Waals surface area (Å²) in [5.74, 6) is -2.49. The largest absolute Gasteiger partial charge is 0.514 e. The van der Waals surface area contributed by atoms with Crippen LogP contribution in [0.5, 0.6) is 11.5 Å². The fourth-order valence-corrected chi connectivity index (χ4v) is 2.37. The number of hydrogen-bond acceptors (Lipinski definition) is 9. The number of amides is 1. The van der Waals surface area contributed by atoms with Crippen LogP contribution in [0.3, 0.4) is 0 Å². The van der Waals surface area contributed by atoms with Crippen molar-refractivity contribution < 1.29 is 47.3 Å². The van der Waals surface area contributed by atoms with Crippen molar-refractivity contribution in [2.75, 3.05) is 6.61 Å². The number of hydrogen-bond donors (Lipinski definition) is 1. The molecular weight excluding hydrogens is 441 g/mol. The van der Waals surface area contributed by atoms with E-state index in [0.717, 1.165) is 12.1 Å². The molecule has 33 heavy (non-hydrogen) atoms. The van der Waals surface area contributed by atoms with E-state index in [9.17, 15) is 23.6 Å². The van der Waals surface area contributed by atoms with Gasteiger partial charge in [0.05, 0.1) is 6.61 Å². The second kappa shape index (κ2) is 11.5. The summed E-state index contributed by atoms with van der Waals surface area (Å²) < 4.78 is 40.0. The summed E-state index contributed by atoms with van der Waals surface area (Å²) in [5.41, 5.74) is -1.91. The smallest absolute Gasteiger partial charge is 0.464 e. The highest BCUT2D eigenvalue weighted by Gasteiger charge is 2.27. The third kappa shape index (κ3) is 10.2. The lowest BCUT2D eigenvalue weighted by atomic mass is 10.0. The Morgan fingerprint density at radius 2 is 1.45 bits per heavy atom. The van der Waals surface area contributed by atoms with Gasteiger partial charge >= 0.3 is 18.3 Å². The third-order valence-electron chi connectivity index (χ3n) is 3.54. The minimum Gasteiger partial charge on any atom is -0.464 e. The van der Waals surface area contributed by atoms with Gasteiger partial charge in [0.15, 0.2) is 11.5 Å². The van der Waals surface area contributed by atoms with E-state index in [1.54, 1.807) is 48.5 Å². The van der Waals surface area contributed by atoms with E-state index < -0.39 is 47.1 Å². The molecule has 0 spiro atoms. The van der Waals surface area contributed by atoms with Gasteiger partial charge < -0.3 is 29.0 Å². The fourth-order valence-electron chi connectivity index (χ4n) is 2.37. The minimum atomic E-state index is -1.20. The van der Waals surface area contributed by atoms with Crippen molar-refractivity contribution in [1.29, 1.82) is 0 Å². The lowest BCUT2D eigenvalue weighted by molar-refractivity contribution is -0.146. The van der Waals surface area contributed by atoms with Crippen LogP contribution in [-0.4, -0.2) is 48.5 Å². The van der Waals surface area contributed by atoms with E-state index >= 15 is 0 Å². The SMILES string of the molecule is CCOC(=O)[C@H](Cc1cc(OC(=O)OC(C)(C)C)c(OC(=O)OC(C)(C)C)cc1F)NC=O. The van der Waals surface area contributed by atoms with Crippen molar-refractivity contribution >= 4 is 24.7 Å². The van der Waals surface area contributed by atoms with E-state index in [0.29, 0.717) is 0 Å². The van der Waals surface area contributed by atoms with Crippen molar-refractivity contribution in [1.82, 2.24) is 5.32 Å². The summed E-state index contributed by atoms with van der Waals surface area (Å²) in [4.78, 5) is 47.2. The second-order valence-electron chi connectivity index (χ2n) is 8.82. The van der Waals surface area contributed by atoms with Crippen LogP contribution >= 0.6 is 0 Å². The first-order valence-corrected chi connectivity index (χ1v) is 10.2. The second-order valence-corrected chi connectivity index (χ2v) is 8.82. The van der Waals surface area contributed by atoms with Crippen molar-refractivity contribution in [2.45, 2.75) is 72.1 Å². The highest BCUT2D eigenvalue weighted by molar-refractivity contribution is 5.78. The maximum Gasteiger partial charge on any atom is 0.514 e. The predicted octanol–water partition coefficient (Wildman–Crippen LogP) is 3.67. The Balaban J connectivity index is 3.32. The zero-order valence-corrected chi connectivity index (χ0v) is 19.8. The molecule has 0 aliphatic heterocycles. The molecule has 184 valence electrons. The maximum absolute atomic E-state index is 14.8. The quantitative estimate of drug-likeness (QED) is 0.261. The van der Waals surface area contributed by atoms with Gasteiger partial charge in [-0.05, 0) is 60.1 Å². The van der Waals surface area contributed by atoms with Crippen LogP contribution in [0.15, 0.2) is 12.1 Å². The number of nitrogens with one attached hydrogen (secondary N) is 1. The molecule has 0 heterocycles. The summed E-state index contributed by atoms with van der Waals surface area (Å²) in [6.07, 6.45) is -2.35. The first kappa shape index (κ1) is 27.7. The fraction of sp³-hybridized carbons (Fsp3) is 0.545. The van der Waals surface area contributed by atoms with Crippen LogP contribution in [0.1, 0.15) is 54.0 Å². The minimum absolute atomic E-state index is 0.0496. The molecular formula is C22H30FNO9. The van der Waals surface area contributed by atoms with Crippen LogP contribution in [0, 0.1) is 5.82 Å². The van der Waals surface area contributed by atoms with Crippen LogP contribution in [-0.2, 0) is 30.2 Å². The van der Waals surface area contributed by atoms with Gasteiger partial charge in [0.1, 0.15) is 23.1 Å². The summed E-state index contributed by atoms with van der Waals surface area (Å²) >= 11 is 0. The molecule has 0 aliphatic carbocycles. The Morgan fingerprint density at radius 1 is 0.970 bits per heavy atom. The van der Waals surface area contributed by atoms with Crippen LogP contribution in [0.2, 0.25) is 0 Å². The van der Waals surface area contributed by atoms with E-state index in [1.165, 1.54) is 0 Å². The van der Waals surface area contributed by atoms with Gasteiger partial charge in [-0.3, -0.25) is 4.79 Å². The molecule has 1 aromatic rings. The number of ether oxygens (including phenoxy) is 5. The summed E-state index contributed by atoms with van der Waals surface area (Å²) in [7, 11) is 0. The Hall–Kier alpha value is -3.37. The molecule has 0 radical (unpaired) electrons. The molecule has 1 rings (SSSR count). The summed E-state index contributed by atoms with van der Waals surface area (Å²) in [5, 5.41) is 2.25. The molecule has 0 bridgehead atoms. The zero-order chi connectivity index (χ0) is 25.4. The Morgan fingerprint density at radius 3 is 1.88 bits per heavy atom. The van der Waals surface area contributed by atoms with Gasteiger partial charge in [-0.15, -0.1) is 0 Å². The number of benzene rings is 1. The van der Waals surface area contributed by atoms with Crippen molar-refractivity contribution in [2.24, 2.45) is 0 Å². The molecule has 0 aliphatic rings. The highest BCUT2D eigenvalue weighted by Crippen LogP contribution is 2.32. The number of halogens is 1. The van der Waals surface area contributed by atoms with Gasteiger partial charge in [-0.2, -0.15) is 0 Å². The molecule has 0 fully saturated rings. The Kier molecular flexibility index (Phi) is 9.63. The monoisotopic (exact) mass is 471 g/mol. The molecule has 0 saturated heterocycles. The molecule has 11 heteroatoms. The molecule has 0 unspecified atom stereocenters. The molecule has 0 aromatic heterocycles. The number of rotatable bonds is 8. The standard InChI is InChI=1S/C22H30FNO9/c1-8-29-18(26)15(24-12-25)9-13-10-16(30-19(27)32-21(2,3)4)17(11-14(13)23)31-20(28)33-22(5,6)7/h10-12,15H,8-9H2,1-7H3,(H,24,25)/t15-/m0/s1. The third-order valence-corrected chi connectivity index (χ3v) is 3.54. The van der Waals surface area contributed by atoms with E-state index in [1.807, 2.05) is 0 Å². The van der Waals surface area contributed by atoms with E-state index in [4.69, 9.17) is 23.7 Å². The average Bonchev–Trinajstić information content (AvgIpc) is 2.61. The lowest BCUT2D eigenvalue weighted by Gasteiger charge is -2.21. The van der Waals surface area contributed by atoms with E-state index in [-0.39, 0.29) is 30.8 Å². The Bertz CT molecular complexity index is 872. The molecule has 1 aromatic carbocycles. The van der Waals surface area contributed by atoms with Crippen LogP contribution in [0.4, 0.5) is 14.0 Å². The number of esters is 1. The average molecular weight is 471 g/mol. The maximum atomic E-state index is 14.8. The van der Waals surface area contributed by atoms with Crippen molar-refractivity contribution in [3.8, 4) is 11.5 Å². The number of carbonyl (C=O) groups excluding carboxylic acids is 4. The normalized spacial score (nSPS) is 12.2. The highest BCUT2D eigenvalue weighted by atomic mass is 19.1. The number of carbonyl (C=O) groups is 4. The van der Waals surface area contributed by atoms with E-state index in [2.05, 4.69) is 5.32 Å². The Labute approximate surface area is 191 Å². The molecule has 1 amide bonds. The summed E-state index contributed by atoms with van der Waals surface area (Å²) in [6.45, 7) is 11.3. The van der Waals surface area contributed by atoms with Gasteiger partial charge in [0.2, 0.25) is 6.41 Å². The van der Waals surface area contributed by atoms with Gasteiger partial charge in [0.25, 0.3) is 0 Å². The van der Waals surface area contributed by atoms with Gasteiger partial charge in [-0.1, -0.05) is 0 Å². The molecule has 1 atom stereocenters. The van der Waals surface area contributed by atoms with Crippen LogP contribution in [0.25, 0.3) is 0 Å². The molecule has 10 nitrogen and oxygen atoms in total. The van der Waals surface area contributed by atoms with Crippen molar-refractivity contribution in [3.63, 3.8) is 0 Å². The van der Waals surface area contributed by atoms with Crippen LogP contribution < -0.4 is 14.8 Å². The first-order chi connectivity index (χ1) is 15.1. The summed E-state index contributed by atoms with van der Waals surface area (Å²) in [6, 6.07) is 0.642. The van der Waals surface area contributed by atoms with Gasteiger partial charge in [0, 0.05) is 12.5 Å². The lowest BCUT2D eigenvalue weighted by Crippen LogP contribution is -2.39.